The van der Waals surface area contributed by atoms with Crippen molar-refractivity contribution in [2.75, 3.05) is 11.9 Å². The van der Waals surface area contributed by atoms with Crippen molar-refractivity contribution >= 4 is 11.6 Å². The second-order valence-corrected chi connectivity index (χ2v) is 6.45. The van der Waals surface area contributed by atoms with Gasteiger partial charge in [-0.2, -0.15) is 0 Å². The summed E-state index contributed by atoms with van der Waals surface area (Å²) in [7, 11) is 0. The van der Waals surface area contributed by atoms with Gasteiger partial charge in [0.05, 0.1) is 0 Å². The van der Waals surface area contributed by atoms with E-state index >= 15 is 0 Å². The summed E-state index contributed by atoms with van der Waals surface area (Å²) in [6.07, 6.45) is 5.23. The summed E-state index contributed by atoms with van der Waals surface area (Å²) in [6.45, 7) is 10.7. The van der Waals surface area contributed by atoms with Gasteiger partial charge in [-0.1, -0.05) is 23.8 Å². The molecule has 126 valence electrons. The van der Waals surface area contributed by atoms with Crippen LogP contribution >= 0.6 is 0 Å². The predicted octanol–water partition coefficient (Wildman–Crippen LogP) is 3.80. The van der Waals surface area contributed by atoms with Crippen molar-refractivity contribution in [2.45, 2.75) is 32.9 Å². The molecule has 0 saturated carbocycles. The van der Waals surface area contributed by atoms with Gasteiger partial charge in [0.15, 0.2) is 0 Å². The molecule has 0 aliphatic carbocycles. The SMILES string of the molecule is C=CCN(Cc1ccncc1)C(=O)C(C)(C)Nc1ccc(C)cc1. The zero-order valence-corrected chi connectivity index (χ0v) is 14.6. The number of anilines is 1. The molecular weight excluding hydrogens is 298 g/mol. The number of nitrogens with one attached hydrogen (secondary N) is 1. The summed E-state index contributed by atoms with van der Waals surface area (Å²) >= 11 is 0. The van der Waals surface area contributed by atoms with Gasteiger partial charge < -0.3 is 10.2 Å². The van der Waals surface area contributed by atoms with Crippen LogP contribution in [0.1, 0.15) is 25.0 Å². The first-order valence-electron chi connectivity index (χ1n) is 8.06. The van der Waals surface area contributed by atoms with Crippen molar-refractivity contribution in [3.63, 3.8) is 0 Å². The average Bonchev–Trinajstić information content (AvgIpc) is 2.57. The number of nitrogens with zero attached hydrogens (tertiary/aromatic N) is 2. The smallest absolute Gasteiger partial charge is 0.248 e. The van der Waals surface area contributed by atoms with Crippen LogP contribution < -0.4 is 5.32 Å². The fourth-order valence-electron chi connectivity index (χ4n) is 2.53. The Balaban J connectivity index is 2.14. The molecule has 1 N–H and O–H groups in total. The zero-order valence-electron chi connectivity index (χ0n) is 14.6. The Hall–Kier alpha value is -2.62. The lowest BCUT2D eigenvalue weighted by molar-refractivity contribution is -0.135. The van der Waals surface area contributed by atoms with Gasteiger partial charge >= 0.3 is 0 Å². The van der Waals surface area contributed by atoms with E-state index in [4.69, 9.17) is 0 Å². The summed E-state index contributed by atoms with van der Waals surface area (Å²) in [4.78, 5) is 18.8. The van der Waals surface area contributed by atoms with Gasteiger partial charge in [-0.15, -0.1) is 6.58 Å². The van der Waals surface area contributed by atoms with E-state index in [1.165, 1.54) is 5.56 Å². The number of carbonyl (C=O) groups excluding carboxylic acids is 1. The van der Waals surface area contributed by atoms with Crippen molar-refractivity contribution in [1.82, 2.24) is 9.88 Å². The molecule has 0 bridgehead atoms. The van der Waals surface area contributed by atoms with Crippen molar-refractivity contribution in [3.05, 3.63) is 72.6 Å². The standard InChI is InChI=1S/C20H25N3O/c1-5-14-23(15-17-10-12-21-13-11-17)19(24)20(3,4)22-18-8-6-16(2)7-9-18/h5-13,22H,1,14-15H2,2-4H3. The maximum Gasteiger partial charge on any atom is 0.248 e. The Labute approximate surface area is 144 Å². The van der Waals surface area contributed by atoms with E-state index in [1.807, 2.05) is 57.2 Å². The molecule has 24 heavy (non-hydrogen) atoms. The summed E-state index contributed by atoms with van der Waals surface area (Å²) in [5, 5.41) is 3.33. The molecule has 0 unspecified atom stereocenters. The third-order valence-corrected chi connectivity index (χ3v) is 3.80. The van der Waals surface area contributed by atoms with Gasteiger partial charge in [-0.3, -0.25) is 9.78 Å². The molecule has 1 heterocycles. The molecule has 1 amide bonds. The summed E-state index contributed by atoms with van der Waals surface area (Å²) in [5.74, 6) is 0.0276. The number of benzene rings is 1. The Bertz CT molecular complexity index is 678. The predicted molar refractivity (Wildman–Crippen MR) is 98.7 cm³/mol. The van der Waals surface area contributed by atoms with E-state index in [2.05, 4.69) is 16.9 Å². The van der Waals surface area contributed by atoms with Crippen LogP contribution in [0.4, 0.5) is 5.69 Å². The minimum atomic E-state index is -0.717. The van der Waals surface area contributed by atoms with Crippen LogP contribution in [0.3, 0.4) is 0 Å². The largest absolute Gasteiger partial charge is 0.372 e. The number of rotatable bonds is 7. The van der Waals surface area contributed by atoms with Crippen LogP contribution in [0, 0.1) is 6.92 Å². The molecule has 4 nitrogen and oxygen atoms in total. The Morgan fingerprint density at radius 3 is 2.42 bits per heavy atom. The van der Waals surface area contributed by atoms with Crippen molar-refractivity contribution in [3.8, 4) is 0 Å². The van der Waals surface area contributed by atoms with Gasteiger partial charge in [0.1, 0.15) is 5.54 Å². The fourth-order valence-corrected chi connectivity index (χ4v) is 2.53. The number of pyridine rings is 1. The third-order valence-electron chi connectivity index (χ3n) is 3.80. The van der Waals surface area contributed by atoms with Crippen LogP contribution in [0.5, 0.6) is 0 Å². The maximum atomic E-state index is 13.0. The second kappa shape index (κ2) is 7.77. The third kappa shape index (κ3) is 4.69. The molecule has 0 atom stereocenters. The minimum Gasteiger partial charge on any atom is -0.372 e. The highest BCUT2D eigenvalue weighted by Gasteiger charge is 2.31. The first-order valence-corrected chi connectivity index (χ1v) is 8.06. The van der Waals surface area contributed by atoms with Gasteiger partial charge in [0, 0.05) is 31.2 Å². The van der Waals surface area contributed by atoms with Crippen molar-refractivity contribution in [2.24, 2.45) is 0 Å². The topological polar surface area (TPSA) is 45.2 Å². The number of aryl methyl sites for hydroxylation is 1. The van der Waals surface area contributed by atoms with Gasteiger partial charge in [-0.25, -0.2) is 0 Å². The highest BCUT2D eigenvalue weighted by molar-refractivity contribution is 5.88. The van der Waals surface area contributed by atoms with Crippen LogP contribution in [-0.4, -0.2) is 27.9 Å². The van der Waals surface area contributed by atoms with Crippen LogP contribution in [0.15, 0.2) is 61.4 Å². The molecule has 0 radical (unpaired) electrons. The Kier molecular flexibility index (Phi) is 5.74. The van der Waals surface area contributed by atoms with E-state index in [9.17, 15) is 4.79 Å². The number of hydrogen-bond acceptors (Lipinski definition) is 3. The first kappa shape index (κ1) is 17.7. The van der Waals surface area contributed by atoms with Crippen molar-refractivity contribution in [1.29, 1.82) is 0 Å². The van der Waals surface area contributed by atoms with E-state index < -0.39 is 5.54 Å². The average molecular weight is 323 g/mol. The Morgan fingerprint density at radius 1 is 1.21 bits per heavy atom. The lowest BCUT2D eigenvalue weighted by Crippen LogP contribution is -2.49. The summed E-state index contributed by atoms with van der Waals surface area (Å²) in [5.41, 5.74) is 2.45. The van der Waals surface area contributed by atoms with Crippen molar-refractivity contribution < 1.29 is 4.79 Å². The maximum absolute atomic E-state index is 13.0. The van der Waals surface area contributed by atoms with Gasteiger partial charge in [-0.05, 0) is 50.6 Å². The second-order valence-electron chi connectivity index (χ2n) is 6.45. The number of amides is 1. The molecule has 1 aromatic heterocycles. The summed E-state index contributed by atoms with van der Waals surface area (Å²) < 4.78 is 0. The van der Waals surface area contributed by atoms with Gasteiger partial charge in [0.2, 0.25) is 5.91 Å². The first-order chi connectivity index (χ1) is 11.4. The molecule has 0 spiro atoms. The number of aromatic nitrogens is 1. The molecule has 0 aliphatic heterocycles. The molecule has 4 heteroatoms. The number of carbonyl (C=O) groups is 1. The molecule has 0 fully saturated rings. The van der Waals surface area contributed by atoms with E-state index in [0.717, 1.165) is 11.3 Å². The normalized spacial score (nSPS) is 11.0. The van der Waals surface area contributed by atoms with Gasteiger partial charge in [0.25, 0.3) is 0 Å². The van der Waals surface area contributed by atoms with Crippen LogP contribution in [0.25, 0.3) is 0 Å². The van der Waals surface area contributed by atoms with E-state index in [-0.39, 0.29) is 5.91 Å². The zero-order chi connectivity index (χ0) is 17.6. The molecule has 0 aliphatic rings. The quantitative estimate of drug-likeness (QED) is 0.788. The van der Waals surface area contributed by atoms with E-state index in [1.54, 1.807) is 23.4 Å². The highest BCUT2D eigenvalue weighted by atomic mass is 16.2. The van der Waals surface area contributed by atoms with Crippen LogP contribution in [-0.2, 0) is 11.3 Å². The monoisotopic (exact) mass is 323 g/mol. The minimum absolute atomic E-state index is 0.0276. The lowest BCUT2D eigenvalue weighted by Gasteiger charge is -2.33. The van der Waals surface area contributed by atoms with Crippen LogP contribution in [0.2, 0.25) is 0 Å². The lowest BCUT2D eigenvalue weighted by atomic mass is 10.0. The molecule has 2 aromatic rings. The Morgan fingerprint density at radius 2 is 1.83 bits per heavy atom. The summed E-state index contributed by atoms with van der Waals surface area (Å²) in [6, 6.07) is 11.9. The molecule has 2 rings (SSSR count). The molecule has 1 aromatic carbocycles. The van der Waals surface area contributed by atoms with E-state index in [0.29, 0.717) is 13.1 Å². The molecular formula is C20H25N3O. The molecule has 0 saturated heterocycles. The number of hydrogen-bond donors (Lipinski definition) is 1. The fraction of sp³-hybridized carbons (Fsp3) is 0.300. The highest BCUT2D eigenvalue weighted by Crippen LogP contribution is 2.19.